The number of aliphatic imine (C=N–C) groups is 1. The third-order valence-electron chi connectivity index (χ3n) is 5.49. The second kappa shape index (κ2) is 6.43. The molecule has 142 valence electrons. The number of anilines is 2. The maximum atomic E-state index is 8.39. The molecule has 2 aromatic rings. The third kappa shape index (κ3) is 2.72. The fourth-order valence-electron chi connectivity index (χ4n) is 3.91. The average Bonchev–Trinajstić information content (AvgIpc) is 2.75. The molecule has 4 heterocycles. The molecular formula is C21H20ClN5O. The highest BCUT2D eigenvalue weighted by atomic mass is 35.5. The van der Waals surface area contributed by atoms with E-state index >= 15 is 0 Å². The van der Waals surface area contributed by atoms with Crippen LogP contribution in [0.1, 0.15) is 18.1 Å². The molecule has 1 aromatic heterocycles. The SMILES string of the molecule is C/C=C1\N=C(c2ccccc2Cl)c2cnc(N3CC4(COC4)C3)cc2NC1=N. The van der Waals surface area contributed by atoms with Crippen molar-refractivity contribution in [3.8, 4) is 0 Å². The molecule has 0 unspecified atom stereocenters. The van der Waals surface area contributed by atoms with Gasteiger partial charge < -0.3 is 15.0 Å². The number of aromatic nitrogens is 1. The number of nitrogens with one attached hydrogen (secondary N) is 2. The van der Waals surface area contributed by atoms with Crippen molar-refractivity contribution in [2.75, 3.05) is 36.5 Å². The Morgan fingerprint density at radius 3 is 2.71 bits per heavy atom. The first-order chi connectivity index (χ1) is 13.6. The first-order valence-corrected chi connectivity index (χ1v) is 9.65. The third-order valence-corrected chi connectivity index (χ3v) is 5.82. The van der Waals surface area contributed by atoms with E-state index in [9.17, 15) is 0 Å². The summed E-state index contributed by atoms with van der Waals surface area (Å²) >= 11 is 6.46. The number of amidine groups is 1. The zero-order valence-electron chi connectivity index (χ0n) is 15.5. The Hall–Kier alpha value is -2.70. The molecular weight excluding hydrogens is 374 g/mol. The lowest BCUT2D eigenvalue weighted by Gasteiger charge is -2.55. The molecule has 0 saturated carbocycles. The number of ether oxygens (including phenoxy) is 1. The van der Waals surface area contributed by atoms with Gasteiger partial charge in [-0.3, -0.25) is 5.41 Å². The lowest BCUT2D eigenvalue weighted by Crippen LogP contribution is -2.66. The van der Waals surface area contributed by atoms with Crippen LogP contribution in [0.4, 0.5) is 11.5 Å². The number of rotatable bonds is 2. The summed E-state index contributed by atoms with van der Waals surface area (Å²) in [6.45, 7) is 5.47. The van der Waals surface area contributed by atoms with Crippen molar-refractivity contribution in [2.24, 2.45) is 10.4 Å². The van der Waals surface area contributed by atoms with Gasteiger partial charge in [0, 0.05) is 41.5 Å². The molecule has 5 rings (SSSR count). The quantitative estimate of drug-likeness (QED) is 0.815. The van der Waals surface area contributed by atoms with Gasteiger partial charge in [0.15, 0.2) is 0 Å². The van der Waals surface area contributed by atoms with E-state index in [4.69, 9.17) is 31.7 Å². The minimum atomic E-state index is 0.260. The number of benzene rings is 1. The maximum absolute atomic E-state index is 8.39. The molecule has 0 aliphatic carbocycles. The molecule has 7 heteroatoms. The van der Waals surface area contributed by atoms with Crippen LogP contribution in [0, 0.1) is 10.8 Å². The Balaban J connectivity index is 1.57. The van der Waals surface area contributed by atoms with Crippen molar-refractivity contribution in [1.29, 1.82) is 5.41 Å². The summed E-state index contributed by atoms with van der Waals surface area (Å²) in [7, 11) is 0. The van der Waals surface area contributed by atoms with Crippen LogP contribution in [0.5, 0.6) is 0 Å². The molecule has 28 heavy (non-hydrogen) atoms. The van der Waals surface area contributed by atoms with Crippen molar-refractivity contribution in [3.05, 3.63) is 64.5 Å². The van der Waals surface area contributed by atoms with Crippen molar-refractivity contribution in [1.82, 2.24) is 4.98 Å². The topological polar surface area (TPSA) is 73.6 Å². The fraction of sp³-hybridized carbons (Fsp3) is 0.286. The summed E-state index contributed by atoms with van der Waals surface area (Å²) in [6, 6.07) is 9.62. The second-order valence-electron chi connectivity index (χ2n) is 7.55. The Bertz CT molecular complexity index is 1030. The minimum Gasteiger partial charge on any atom is -0.380 e. The van der Waals surface area contributed by atoms with E-state index in [1.807, 2.05) is 49.5 Å². The Morgan fingerprint density at radius 1 is 1.25 bits per heavy atom. The van der Waals surface area contributed by atoms with Gasteiger partial charge in [0.2, 0.25) is 0 Å². The van der Waals surface area contributed by atoms with Crippen molar-refractivity contribution >= 4 is 34.7 Å². The van der Waals surface area contributed by atoms with Gasteiger partial charge >= 0.3 is 0 Å². The van der Waals surface area contributed by atoms with Gasteiger partial charge in [-0.2, -0.15) is 0 Å². The fourth-order valence-corrected chi connectivity index (χ4v) is 4.14. The predicted octanol–water partition coefficient (Wildman–Crippen LogP) is 3.72. The Kier molecular flexibility index (Phi) is 4.00. The number of fused-ring (bicyclic) bond motifs is 1. The summed E-state index contributed by atoms with van der Waals surface area (Å²) < 4.78 is 5.36. The molecule has 3 aliphatic rings. The van der Waals surface area contributed by atoms with Crippen LogP contribution in [0.25, 0.3) is 0 Å². The number of allylic oxidation sites excluding steroid dienone is 1. The smallest absolute Gasteiger partial charge is 0.148 e. The second-order valence-corrected chi connectivity index (χ2v) is 7.96. The van der Waals surface area contributed by atoms with Crippen LogP contribution in [-0.4, -0.2) is 42.8 Å². The summed E-state index contributed by atoms with van der Waals surface area (Å²) in [6.07, 6.45) is 3.65. The Labute approximate surface area is 168 Å². The van der Waals surface area contributed by atoms with Crippen LogP contribution in [0.3, 0.4) is 0 Å². The lowest BCUT2D eigenvalue weighted by molar-refractivity contribution is -0.127. The van der Waals surface area contributed by atoms with Crippen molar-refractivity contribution < 1.29 is 4.74 Å². The molecule has 1 spiro atoms. The van der Waals surface area contributed by atoms with Crippen molar-refractivity contribution in [2.45, 2.75) is 6.92 Å². The molecule has 0 atom stereocenters. The van der Waals surface area contributed by atoms with Gasteiger partial charge in [-0.1, -0.05) is 35.9 Å². The molecule has 2 N–H and O–H groups in total. The largest absolute Gasteiger partial charge is 0.380 e. The van der Waals surface area contributed by atoms with Crippen molar-refractivity contribution in [3.63, 3.8) is 0 Å². The van der Waals surface area contributed by atoms with E-state index in [2.05, 4.69) is 10.2 Å². The lowest BCUT2D eigenvalue weighted by atomic mass is 9.78. The standard InChI is InChI=1S/C21H20ClN5O/c1-2-16-20(23)26-17-7-18(27-9-21(10-27)11-28-12-21)24-8-14(17)19(25-16)13-5-3-4-6-15(13)22/h2-8H,9-12H2,1H3,(H2,23,26)/b16-2-. The summed E-state index contributed by atoms with van der Waals surface area (Å²) in [4.78, 5) is 11.7. The molecule has 2 saturated heterocycles. The van der Waals surface area contributed by atoms with E-state index < -0.39 is 0 Å². The normalized spacial score (nSPS) is 21.4. The van der Waals surface area contributed by atoms with E-state index in [0.29, 0.717) is 16.1 Å². The summed E-state index contributed by atoms with van der Waals surface area (Å²) in [5.74, 6) is 1.16. The average molecular weight is 394 g/mol. The Morgan fingerprint density at radius 2 is 2.04 bits per heavy atom. The highest BCUT2D eigenvalue weighted by molar-refractivity contribution is 6.36. The monoisotopic (exact) mass is 393 g/mol. The minimum absolute atomic E-state index is 0.260. The highest BCUT2D eigenvalue weighted by Gasteiger charge is 2.49. The molecule has 1 aromatic carbocycles. The summed E-state index contributed by atoms with van der Waals surface area (Å²) in [5, 5.41) is 12.2. The van der Waals surface area contributed by atoms with Gasteiger partial charge in [0.05, 0.1) is 30.0 Å². The number of nitrogens with zero attached hydrogens (tertiary/aromatic N) is 3. The molecule has 0 amide bonds. The van der Waals surface area contributed by atoms with Gasteiger partial charge in [0.1, 0.15) is 17.4 Å². The van der Waals surface area contributed by atoms with Gasteiger partial charge in [0.25, 0.3) is 0 Å². The number of hydrogen-bond acceptors (Lipinski definition) is 5. The van der Waals surface area contributed by atoms with Crippen LogP contribution in [0.15, 0.2) is 53.3 Å². The van der Waals surface area contributed by atoms with E-state index in [1.165, 1.54) is 0 Å². The molecule has 6 nitrogen and oxygen atoms in total. The number of hydrogen-bond donors (Lipinski definition) is 2. The van der Waals surface area contributed by atoms with E-state index in [-0.39, 0.29) is 5.84 Å². The van der Waals surface area contributed by atoms with Gasteiger partial charge in [-0.25, -0.2) is 9.98 Å². The highest BCUT2D eigenvalue weighted by Crippen LogP contribution is 2.40. The maximum Gasteiger partial charge on any atom is 0.148 e. The first-order valence-electron chi connectivity index (χ1n) is 9.28. The molecule has 2 fully saturated rings. The number of pyridine rings is 1. The van der Waals surface area contributed by atoms with Crippen LogP contribution < -0.4 is 10.2 Å². The summed E-state index contributed by atoms with van der Waals surface area (Å²) in [5.41, 5.74) is 4.08. The zero-order chi connectivity index (χ0) is 19.3. The molecule has 3 aliphatic heterocycles. The molecule has 0 bridgehead atoms. The number of halogens is 1. The van der Waals surface area contributed by atoms with Crippen LogP contribution in [0.2, 0.25) is 5.02 Å². The van der Waals surface area contributed by atoms with Crippen LogP contribution in [-0.2, 0) is 4.74 Å². The molecule has 0 radical (unpaired) electrons. The predicted molar refractivity (Wildman–Crippen MR) is 112 cm³/mol. The van der Waals surface area contributed by atoms with E-state index in [0.717, 1.165) is 54.6 Å². The first kappa shape index (κ1) is 17.4. The van der Waals surface area contributed by atoms with Gasteiger partial charge in [-0.05, 0) is 13.0 Å². The van der Waals surface area contributed by atoms with E-state index in [1.54, 1.807) is 0 Å². The van der Waals surface area contributed by atoms with Crippen LogP contribution >= 0.6 is 11.6 Å². The zero-order valence-corrected chi connectivity index (χ0v) is 16.3. The van der Waals surface area contributed by atoms with Gasteiger partial charge in [-0.15, -0.1) is 0 Å².